The lowest BCUT2D eigenvalue weighted by atomic mass is 10.1. The van der Waals surface area contributed by atoms with Gasteiger partial charge < -0.3 is 9.84 Å². The zero-order valence-electron chi connectivity index (χ0n) is 13.8. The molecule has 0 unspecified atom stereocenters. The van der Waals surface area contributed by atoms with Crippen molar-refractivity contribution in [1.29, 1.82) is 0 Å². The molecule has 6 heteroatoms. The fraction of sp³-hybridized carbons (Fsp3) is 0.211. The molecule has 0 aliphatic heterocycles. The molecule has 0 spiro atoms. The number of carbonyl (C=O) groups excluding carboxylic acids is 1. The number of carbonyl (C=O) groups is 1. The normalized spacial score (nSPS) is 10.6. The van der Waals surface area contributed by atoms with Gasteiger partial charge in [-0.3, -0.25) is 4.79 Å². The third-order valence-corrected chi connectivity index (χ3v) is 4.28. The number of hydrogen-bond acceptors (Lipinski definition) is 4. The number of hydrogen-bond donors (Lipinski definition) is 1. The van der Waals surface area contributed by atoms with Gasteiger partial charge in [-0.2, -0.15) is 4.98 Å². The standard InChI is InChI=1S/C19H18BrN3O2/c1-2-13-6-8-14(9-7-13)10-17(24)21-12-18-22-19(23-25-18)15-4-3-5-16(20)11-15/h3-9,11H,2,10,12H2,1H3,(H,21,24). The van der Waals surface area contributed by atoms with Crippen molar-refractivity contribution >= 4 is 21.8 Å². The molecule has 3 rings (SSSR count). The van der Waals surface area contributed by atoms with Crippen molar-refractivity contribution in [1.82, 2.24) is 15.5 Å². The smallest absolute Gasteiger partial charge is 0.246 e. The molecule has 1 heterocycles. The number of benzene rings is 2. The number of aryl methyl sites for hydroxylation is 1. The van der Waals surface area contributed by atoms with Crippen molar-refractivity contribution in [3.63, 3.8) is 0 Å². The number of aromatic nitrogens is 2. The van der Waals surface area contributed by atoms with Crippen LogP contribution in [0.15, 0.2) is 57.5 Å². The van der Waals surface area contributed by atoms with Gasteiger partial charge in [0.1, 0.15) is 0 Å². The maximum Gasteiger partial charge on any atom is 0.246 e. The highest BCUT2D eigenvalue weighted by Crippen LogP contribution is 2.20. The minimum atomic E-state index is -0.0774. The van der Waals surface area contributed by atoms with Crippen LogP contribution >= 0.6 is 15.9 Å². The predicted molar refractivity (Wildman–Crippen MR) is 98.8 cm³/mol. The van der Waals surface area contributed by atoms with Gasteiger partial charge in [-0.15, -0.1) is 0 Å². The number of nitrogens with zero attached hydrogens (tertiary/aromatic N) is 2. The molecule has 0 radical (unpaired) electrons. The van der Waals surface area contributed by atoms with Gasteiger partial charge in [0.05, 0.1) is 13.0 Å². The number of rotatable bonds is 6. The Hall–Kier alpha value is -2.47. The summed E-state index contributed by atoms with van der Waals surface area (Å²) in [4.78, 5) is 16.4. The van der Waals surface area contributed by atoms with Crippen LogP contribution < -0.4 is 5.32 Å². The van der Waals surface area contributed by atoms with E-state index in [1.165, 1.54) is 5.56 Å². The molecule has 128 valence electrons. The number of halogens is 1. The van der Waals surface area contributed by atoms with Gasteiger partial charge in [-0.1, -0.05) is 64.4 Å². The third-order valence-electron chi connectivity index (χ3n) is 3.78. The average molecular weight is 400 g/mol. The molecule has 0 atom stereocenters. The molecule has 0 saturated carbocycles. The predicted octanol–water partition coefficient (Wildman–Crippen LogP) is 3.92. The third kappa shape index (κ3) is 4.76. The van der Waals surface area contributed by atoms with Crippen molar-refractivity contribution in [3.05, 3.63) is 70.0 Å². The van der Waals surface area contributed by atoms with Gasteiger partial charge in [0.2, 0.25) is 17.6 Å². The summed E-state index contributed by atoms with van der Waals surface area (Å²) in [6.45, 7) is 2.32. The summed E-state index contributed by atoms with van der Waals surface area (Å²) in [5.74, 6) is 0.803. The van der Waals surface area contributed by atoms with Gasteiger partial charge in [0.25, 0.3) is 0 Å². The second kappa shape index (κ2) is 8.07. The molecule has 3 aromatic rings. The topological polar surface area (TPSA) is 68.0 Å². The Morgan fingerprint density at radius 1 is 1.16 bits per heavy atom. The lowest BCUT2D eigenvalue weighted by Gasteiger charge is -2.03. The Bertz CT molecular complexity index is 859. The van der Waals surface area contributed by atoms with E-state index in [9.17, 15) is 4.79 Å². The van der Waals surface area contributed by atoms with E-state index in [0.717, 1.165) is 22.0 Å². The van der Waals surface area contributed by atoms with Crippen LogP contribution in [0.1, 0.15) is 23.9 Å². The van der Waals surface area contributed by atoms with Crippen LogP contribution in [-0.2, 0) is 24.2 Å². The Kier molecular flexibility index (Phi) is 5.60. The molecule has 0 aliphatic carbocycles. The Morgan fingerprint density at radius 3 is 2.64 bits per heavy atom. The van der Waals surface area contributed by atoms with Crippen molar-refractivity contribution < 1.29 is 9.32 Å². The highest BCUT2D eigenvalue weighted by atomic mass is 79.9. The summed E-state index contributed by atoms with van der Waals surface area (Å²) >= 11 is 3.41. The summed E-state index contributed by atoms with van der Waals surface area (Å²) in [6.07, 6.45) is 1.32. The first-order valence-electron chi connectivity index (χ1n) is 8.07. The van der Waals surface area contributed by atoms with Crippen molar-refractivity contribution in [2.75, 3.05) is 0 Å². The summed E-state index contributed by atoms with van der Waals surface area (Å²) < 4.78 is 6.14. The molecule has 1 N–H and O–H groups in total. The maximum atomic E-state index is 12.1. The molecule has 0 saturated heterocycles. The second-order valence-corrected chi connectivity index (χ2v) is 6.56. The molecule has 1 amide bonds. The van der Waals surface area contributed by atoms with Crippen molar-refractivity contribution in [3.8, 4) is 11.4 Å². The SMILES string of the molecule is CCc1ccc(CC(=O)NCc2nc(-c3cccc(Br)c3)no2)cc1. The molecule has 0 aliphatic rings. The summed E-state index contributed by atoms with van der Waals surface area (Å²) in [5.41, 5.74) is 3.09. The summed E-state index contributed by atoms with van der Waals surface area (Å²) in [5, 5.41) is 6.76. The van der Waals surface area contributed by atoms with Crippen LogP contribution in [-0.4, -0.2) is 16.0 Å². The fourth-order valence-corrected chi connectivity index (χ4v) is 2.79. The molecule has 2 aromatic carbocycles. The van der Waals surface area contributed by atoms with Gasteiger partial charge in [-0.25, -0.2) is 0 Å². The van der Waals surface area contributed by atoms with Crippen LogP contribution in [0.4, 0.5) is 0 Å². The van der Waals surface area contributed by atoms with E-state index in [0.29, 0.717) is 18.1 Å². The van der Waals surface area contributed by atoms with Crippen LogP contribution in [0.25, 0.3) is 11.4 Å². The summed E-state index contributed by atoms with van der Waals surface area (Å²) in [7, 11) is 0. The van der Waals surface area contributed by atoms with E-state index in [1.54, 1.807) is 0 Å². The first kappa shape index (κ1) is 17.4. The average Bonchev–Trinajstić information content (AvgIpc) is 3.10. The van der Waals surface area contributed by atoms with Crippen LogP contribution in [0.5, 0.6) is 0 Å². The highest BCUT2D eigenvalue weighted by molar-refractivity contribution is 9.10. The zero-order valence-corrected chi connectivity index (χ0v) is 15.4. The van der Waals surface area contributed by atoms with E-state index in [-0.39, 0.29) is 12.5 Å². The quantitative estimate of drug-likeness (QED) is 0.681. The first-order valence-corrected chi connectivity index (χ1v) is 8.86. The Labute approximate surface area is 154 Å². The molecule has 1 aromatic heterocycles. The first-order chi connectivity index (χ1) is 12.1. The van der Waals surface area contributed by atoms with Crippen molar-refractivity contribution in [2.24, 2.45) is 0 Å². The second-order valence-electron chi connectivity index (χ2n) is 5.65. The van der Waals surface area contributed by atoms with Gasteiger partial charge in [-0.05, 0) is 29.7 Å². The Balaban J connectivity index is 1.55. The van der Waals surface area contributed by atoms with E-state index in [1.807, 2.05) is 48.5 Å². The molecule has 5 nitrogen and oxygen atoms in total. The van der Waals surface area contributed by atoms with Gasteiger partial charge in [0, 0.05) is 10.0 Å². The van der Waals surface area contributed by atoms with E-state index in [4.69, 9.17) is 4.52 Å². The zero-order chi connectivity index (χ0) is 17.6. The molecular weight excluding hydrogens is 382 g/mol. The van der Waals surface area contributed by atoms with E-state index in [2.05, 4.69) is 38.3 Å². The molecule has 0 bridgehead atoms. The fourth-order valence-electron chi connectivity index (χ4n) is 2.39. The molecule has 25 heavy (non-hydrogen) atoms. The van der Waals surface area contributed by atoms with Gasteiger partial charge >= 0.3 is 0 Å². The van der Waals surface area contributed by atoms with Crippen molar-refractivity contribution in [2.45, 2.75) is 26.3 Å². The van der Waals surface area contributed by atoms with Crippen LogP contribution in [0.2, 0.25) is 0 Å². The minimum absolute atomic E-state index is 0.0774. The van der Waals surface area contributed by atoms with E-state index >= 15 is 0 Å². The lowest BCUT2D eigenvalue weighted by molar-refractivity contribution is -0.120. The number of amides is 1. The molecular formula is C19H18BrN3O2. The highest BCUT2D eigenvalue weighted by Gasteiger charge is 2.10. The minimum Gasteiger partial charge on any atom is -0.347 e. The van der Waals surface area contributed by atoms with E-state index < -0.39 is 0 Å². The lowest BCUT2D eigenvalue weighted by Crippen LogP contribution is -2.24. The summed E-state index contributed by atoms with van der Waals surface area (Å²) in [6, 6.07) is 15.7. The maximum absolute atomic E-state index is 12.1. The monoisotopic (exact) mass is 399 g/mol. The molecule has 0 fully saturated rings. The van der Waals surface area contributed by atoms with Crippen LogP contribution in [0, 0.1) is 0 Å². The largest absolute Gasteiger partial charge is 0.347 e. The van der Waals surface area contributed by atoms with Gasteiger partial charge in [0.15, 0.2) is 0 Å². The van der Waals surface area contributed by atoms with Crippen LogP contribution in [0.3, 0.4) is 0 Å². The Morgan fingerprint density at radius 2 is 1.92 bits per heavy atom. The number of nitrogens with one attached hydrogen (secondary N) is 1.